The standard InChI is InChI=1S/C18H28N4O2S2/c1-21-9-11-22(12-10-21)20-18(25)19-16-15(17(23)24-2)13-7-5-3-4-6-8-14(13)26-16/h3-12H2,1-2H3,(H2,19,20,25). The van der Waals surface area contributed by atoms with Gasteiger partial charge in [-0.1, -0.05) is 12.8 Å². The van der Waals surface area contributed by atoms with E-state index in [-0.39, 0.29) is 5.97 Å². The lowest BCUT2D eigenvalue weighted by Crippen LogP contribution is -2.53. The van der Waals surface area contributed by atoms with Gasteiger partial charge in [-0.15, -0.1) is 11.3 Å². The van der Waals surface area contributed by atoms with Crippen molar-refractivity contribution in [3.05, 3.63) is 16.0 Å². The molecule has 0 spiro atoms. The number of hydrazine groups is 1. The van der Waals surface area contributed by atoms with Gasteiger partial charge in [-0.2, -0.15) is 0 Å². The summed E-state index contributed by atoms with van der Waals surface area (Å²) in [6, 6.07) is 0. The Morgan fingerprint density at radius 2 is 1.81 bits per heavy atom. The number of rotatable bonds is 3. The summed E-state index contributed by atoms with van der Waals surface area (Å²) in [5, 5.41) is 6.74. The monoisotopic (exact) mass is 396 g/mol. The number of thiocarbonyl (C=S) groups is 1. The normalized spacial score (nSPS) is 19.2. The van der Waals surface area contributed by atoms with E-state index in [1.54, 1.807) is 11.3 Å². The highest BCUT2D eigenvalue weighted by atomic mass is 32.1. The van der Waals surface area contributed by atoms with Crippen molar-refractivity contribution in [3.8, 4) is 0 Å². The predicted octanol–water partition coefficient (Wildman–Crippen LogP) is 2.64. The number of anilines is 1. The molecule has 1 aliphatic carbocycles. The molecule has 1 aliphatic heterocycles. The molecule has 26 heavy (non-hydrogen) atoms. The minimum atomic E-state index is -0.270. The summed E-state index contributed by atoms with van der Waals surface area (Å²) in [7, 11) is 3.57. The Balaban J connectivity index is 1.74. The Morgan fingerprint density at radius 3 is 2.50 bits per heavy atom. The molecule has 2 aliphatic rings. The lowest BCUT2D eigenvalue weighted by atomic mass is 9.96. The molecule has 1 fully saturated rings. The van der Waals surface area contributed by atoms with Crippen LogP contribution in [-0.2, 0) is 17.6 Å². The van der Waals surface area contributed by atoms with Crippen molar-refractivity contribution in [2.75, 3.05) is 45.7 Å². The lowest BCUT2D eigenvalue weighted by Gasteiger charge is -2.33. The zero-order valence-corrected chi connectivity index (χ0v) is 17.2. The van der Waals surface area contributed by atoms with Crippen LogP contribution in [0.3, 0.4) is 0 Å². The van der Waals surface area contributed by atoms with E-state index in [1.165, 1.54) is 31.2 Å². The zero-order chi connectivity index (χ0) is 18.5. The molecule has 0 aromatic carbocycles. The summed E-state index contributed by atoms with van der Waals surface area (Å²) in [4.78, 5) is 16.0. The third-order valence-electron chi connectivity index (χ3n) is 5.05. The number of hydrogen-bond donors (Lipinski definition) is 2. The molecule has 144 valence electrons. The van der Waals surface area contributed by atoms with Gasteiger partial charge in [0.25, 0.3) is 0 Å². The number of aryl methyl sites for hydroxylation is 1. The molecule has 6 nitrogen and oxygen atoms in total. The van der Waals surface area contributed by atoms with Crippen LogP contribution in [0.25, 0.3) is 0 Å². The smallest absolute Gasteiger partial charge is 0.341 e. The number of nitrogens with one attached hydrogen (secondary N) is 2. The predicted molar refractivity (Wildman–Crippen MR) is 110 cm³/mol. The number of carbonyl (C=O) groups is 1. The largest absolute Gasteiger partial charge is 0.465 e. The summed E-state index contributed by atoms with van der Waals surface area (Å²) in [6.45, 7) is 3.86. The number of esters is 1. The zero-order valence-electron chi connectivity index (χ0n) is 15.6. The van der Waals surface area contributed by atoms with Gasteiger partial charge in [0.05, 0.1) is 12.7 Å². The molecule has 2 N–H and O–H groups in total. The number of nitrogens with zero attached hydrogens (tertiary/aromatic N) is 2. The van der Waals surface area contributed by atoms with E-state index >= 15 is 0 Å². The number of methoxy groups -OCH3 is 1. The van der Waals surface area contributed by atoms with Crippen LogP contribution < -0.4 is 10.7 Å². The highest BCUT2D eigenvalue weighted by molar-refractivity contribution is 7.80. The maximum Gasteiger partial charge on any atom is 0.341 e. The average molecular weight is 397 g/mol. The van der Waals surface area contributed by atoms with Gasteiger partial charge in [0.2, 0.25) is 0 Å². The van der Waals surface area contributed by atoms with Crippen molar-refractivity contribution in [1.82, 2.24) is 15.3 Å². The maximum atomic E-state index is 12.4. The van der Waals surface area contributed by atoms with Crippen molar-refractivity contribution < 1.29 is 9.53 Å². The summed E-state index contributed by atoms with van der Waals surface area (Å²) >= 11 is 7.15. The summed E-state index contributed by atoms with van der Waals surface area (Å²) in [6.07, 6.45) is 6.76. The molecule has 0 saturated carbocycles. The number of ether oxygens (including phenoxy) is 1. The number of piperazine rings is 1. The first-order valence-corrected chi connectivity index (χ1v) is 10.5. The molecule has 0 amide bonds. The van der Waals surface area contributed by atoms with Crippen LogP contribution in [0.15, 0.2) is 0 Å². The van der Waals surface area contributed by atoms with Crippen LogP contribution >= 0.6 is 23.6 Å². The van der Waals surface area contributed by atoms with Gasteiger partial charge in [-0.05, 0) is 50.5 Å². The first-order chi connectivity index (χ1) is 12.6. The Bertz CT molecular complexity index is 654. The van der Waals surface area contributed by atoms with Gasteiger partial charge < -0.3 is 15.0 Å². The third-order valence-corrected chi connectivity index (χ3v) is 6.45. The van der Waals surface area contributed by atoms with Crippen molar-refractivity contribution in [2.24, 2.45) is 0 Å². The SMILES string of the molecule is COC(=O)c1c(NC(=S)NN2CCN(C)CC2)sc2c1CCCCCC2. The average Bonchev–Trinajstić information content (AvgIpc) is 2.92. The molecule has 1 aromatic rings. The highest BCUT2D eigenvalue weighted by Crippen LogP contribution is 2.37. The van der Waals surface area contributed by atoms with Crippen LogP contribution in [0.1, 0.15) is 46.5 Å². The van der Waals surface area contributed by atoms with Crippen molar-refractivity contribution in [2.45, 2.75) is 38.5 Å². The molecule has 8 heteroatoms. The Morgan fingerprint density at radius 1 is 1.12 bits per heavy atom. The molecule has 2 heterocycles. The van der Waals surface area contributed by atoms with Crippen molar-refractivity contribution in [1.29, 1.82) is 0 Å². The van der Waals surface area contributed by atoms with Crippen LogP contribution in [-0.4, -0.2) is 61.3 Å². The van der Waals surface area contributed by atoms with E-state index in [2.05, 4.69) is 27.7 Å². The molecule has 0 radical (unpaired) electrons. The number of carbonyl (C=O) groups excluding carboxylic acids is 1. The van der Waals surface area contributed by atoms with Gasteiger partial charge >= 0.3 is 5.97 Å². The fraction of sp³-hybridized carbons (Fsp3) is 0.667. The fourth-order valence-corrected chi connectivity index (χ4v) is 5.10. The van der Waals surface area contributed by atoms with Crippen LogP contribution in [0.2, 0.25) is 0 Å². The summed E-state index contributed by atoms with van der Waals surface area (Å²) in [5.41, 5.74) is 5.10. The second-order valence-corrected chi connectivity index (χ2v) is 8.48. The minimum Gasteiger partial charge on any atom is -0.465 e. The summed E-state index contributed by atoms with van der Waals surface area (Å²) < 4.78 is 5.06. The number of likely N-dealkylation sites (N-methyl/N-ethyl adjacent to an activating group) is 1. The van der Waals surface area contributed by atoms with Crippen LogP contribution in [0.4, 0.5) is 5.00 Å². The van der Waals surface area contributed by atoms with Gasteiger partial charge in [0, 0.05) is 31.1 Å². The van der Waals surface area contributed by atoms with E-state index in [1.807, 2.05) is 0 Å². The minimum absolute atomic E-state index is 0.270. The van der Waals surface area contributed by atoms with E-state index in [4.69, 9.17) is 17.0 Å². The number of fused-ring (bicyclic) bond motifs is 1. The molecule has 0 unspecified atom stereocenters. The molecule has 1 saturated heterocycles. The van der Waals surface area contributed by atoms with Crippen molar-refractivity contribution in [3.63, 3.8) is 0 Å². The Hall–Kier alpha value is -1.22. The van der Waals surface area contributed by atoms with Gasteiger partial charge in [0.1, 0.15) is 5.00 Å². The molecular weight excluding hydrogens is 368 g/mol. The molecule has 0 atom stereocenters. The van der Waals surface area contributed by atoms with E-state index in [0.717, 1.165) is 56.0 Å². The topological polar surface area (TPSA) is 56.8 Å². The van der Waals surface area contributed by atoms with E-state index in [0.29, 0.717) is 10.7 Å². The summed E-state index contributed by atoms with van der Waals surface area (Å²) in [5.74, 6) is -0.270. The van der Waals surface area contributed by atoms with E-state index < -0.39 is 0 Å². The van der Waals surface area contributed by atoms with Crippen LogP contribution in [0, 0.1) is 0 Å². The molecule has 3 rings (SSSR count). The lowest BCUT2D eigenvalue weighted by molar-refractivity contribution is 0.0601. The number of thiophene rings is 1. The maximum absolute atomic E-state index is 12.4. The first kappa shape index (κ1) is 19.5. The second kappa shape index (κ2) is 9.12. The molecule has 0 bridgehead atoms. The first-order valence-electron chi connectivity index (χ1n) is 9.32. The molecule has 1 aromatic heterocycles. The highest BCUT2D eigenvalue weighted by Gasteiger charge is 2.25. The van der Waals surface area contributed by atoms with Gasteiger partial charge in [-0.3, -0.25) is 5.43 Å². The van der Waals surface area contributed by atoms with Crippen LogP contribution in [0.5, 0.6) is 0 Å². The quantitative estimate of drug-likeness (QED) is 0.602. The van der Waals surface area contributed by atoms with Gasteiger partial charge in [-0.25, -0.2) is 9.80 Å². The Kier molecular flexibility index (Phi) is 6.86. The Labute approximate surface area is 164 Å². The number of hydrogen-bond acceptors (Lipinski definition) is 6. The second-order valence-electron chi connectivity index (χ2n) is 6.97. The fourth-order valence-electron chi connectivity index (χ4n) is 3.52. The van der Waals surface area contributed by atoms with Crippen molar-refractivity contribution >= 4 is 39.6 Å². The third kappa shape index (κ3) is 4.73. The van der Waals surface area contributed by atoms with Gasteiger partial charge in [0.15, 0.2) is 5.11 Å². The molecular formula is C18H28N4O2S2. The van der Waals surface area contributed by atoms with E-state index in [9.17, 15) is 4.79 Å².